The van der Waals surface area contributed by atoms with Crippen molar-refractivity contribution in [2.24, 2.45) is 0 Å². The number of hydrogen-bond donors (Lipinski definition) is 0. The molecule has 0 spiro atoms. The molecular weight excluding hydrogens is 434 g/mol. The molecular formula is C30H41N3O2. The predicted molar refractivity (Wildman–Crippen MR) is 144 cm³/mol. The van der Waals surface area contributed by atoms with Crippen LogP contribution in [-0.4, -0.2) is 29.1 Å². The van der Waals surface area contributed by atoms with E-state index in [4.69, 9.17) is 9.72 Å². The number of unbranched alkanes of at least 4 members (excludes halogenated alkanes) is 9. The molecule has 4 rings (SSSR count). The lowest BCUT2D eigenvalue weighted by Gasteiger charge is -2.19. The maximum Gasteiger partial charge on any atom is 0.227 e. The van der Waals surface area contributed by atoms with Crippen molar-refractivity contribution in [3.63, 3.8) is 0 Å². The number of aryl methyl sites for hydroxylation is 1. The lowest BCUT2D eigenvalue weighted by molar-refractivity contribution is -0.117. The van der Waals surface area contributed by atoms with Gasteiger partial charge in [-0.15, -0.1) is 0 Å². The summed E-state index contributed by atoms with van der Waals surface area (Å²) >= 11 is 0. The largest absolute Gasteiger partial charge is 0.495 e. The fourth-order valence-electron chi connectivity index (χ4n) is 5.36. The molecule has 0 saturated carbocycles. The van der Waals surface area contributed by atoms with Gasteiger partial charge in [0.1, 0.15) is 11.6 Å². The summed E-state index contributed by atoms with van der Waals surface area (Å²) in [7, 11) is 1.66. The molecule has 0 radical (unpaired) electrons. The van der Waals surface area contributed by atoms with Crippen molar-refractivity contribution in [1.29, 1.82) is 0 Å². The van der Waals surface area contributed by atoms with Crippen LogP contribution in [0.5, 0.6) is 5.75 Å². The first-order valence-electron chi connectivity index (χ1n) is 13.6. The second kappa shape index (κ2) is 12.8. The highest BCUT2D eigenvalue weighted by molar-refractivity contribution is 5.97. The van der Waals surface area contributed by atoms with Crippen LogP contribution in [0.2, 0.25) is 0 Å². The van der Waals surface area contributed by atoms with E-state index in [0.29, 0.717) is 13.0 Å². The van der Waals surface area contributed by atoms with Crippen LogP contribution >= 0.6 is 0 Å². The van der Waals surface area contributed by atoms with Crippen LogP contribution in [0.4, 0.5) is 5.69 Å². The van der Waals surface area contributed by atoms with Crippen molar-refractivity contribution in [2.75, 3.05) is 18.6 Å². The minimum absolute atomic E-state index is 0.0860. The molecule has 5 nitrogen and oxygen atoms in total. The third-order valence-electron chi connectivity index (χ3n) is 7.29. The number of ether oxygens (including phenoxy) is 1. The molecule has 3 aromatic rings. The van der Waals surface area contributed by atoms with Crippen molar-refractivity contribution >= 4 is 22.6 Å². The van der Waals surface area contributed by atoms with E-state index >= 15 is 0 Å². The Morgan fingerprint density at radius 1 is 0.886 bits per heavy atom. The molecule has 188 valence electrons. The third kappa shape index (κ3) is 6.25. The van der Waals surface area contributed by atoms with Crippen molar-refractivity contribution in [3.05, 3.63) is 54.4 Å². The number of hydrogen-bond acceptors (Lipinski definition) is 3. The summed E-state index contributed by atoms with van der Waals surface area (Å²) in [6, 6.07) is 16.2. The molecule has 2 heterocycles. The number of para-hydroxylation sites is 4. The van der Waals surface area contributed by atoms with E-state index in [1.165, 1.54) is 63.3 Å². The zero-order chi connectivity index (χ0) is 24.5. The highest BCUT2D eigenvalue weighted by Gasteiger charge is 2.35. The summed E-state index contributed by atoms with van der Waals surface area (Å²) in [5, 5.41) is 0. The number of imidazole rings is 1. The Kier molecular flexibility index (Phi) is 9.21. The molecule has 0 bridgehead atoms. The van der Waals surface area contributed by atoms with E-state index in [1.54, 1.807) is 7.11 Å². The molecule has 1 unspecified atom stereocenters. The van der Waals surface area contributed by atoms with Crippen LogP contribution in [-0.2, 0) is 11.3 Å². The molecule has 0 aliphatic carbocycles. The smallest absolute Gasteiger partial charge is 0.227 e. The van der Waals surface area contributed by atoms with Gasteiger partial charge in [-0.2, -0.15) is 0 Å². The Morgan fingerprint density at radius 2 is 1.54 bits per heavy atom. The zero-order valence-corrected chi connectivity index (χ0v) is 21.5. The fourth-order valence-corrected chi connectivity index (χ4v) is 5.36. The predicted octanol–water partition coefficient (Wildman–Crippen LogP) is 7.49. The second-order valence-electron chi connectivity index (χ2n) is 9.87. The maximum absolute atomic E-state index is 13.0. The Hall–Kier alpha value is -2.82. The Balaban J connectivity index is 1.39. The van der Waals surface area contributed by atoms with Crippen molar-refractivity contribution in [2.45, 2.75) is 90.0 Å². The van der Waals surface area contributed by atoms with E-state index in [0.717, 1.165) is 35.7 Å². The Labute approximate surface area is 210 Å². The van der Waals surface area contributed by atoms with Gasteiger partial charge in [0.15, 0.2) is 0 Å². The second-order valence-corrected chi connectivity index (χ2v) is 9.87. The first-order chi connectivity index (χ1) is 17.2. The first kappa shape index (κ1) is 25.3. The van der Waals surface area contributed by atoms with Gasteiger partial charge in [-0.3, -0.25) is 4.79 Å². The first-order valence-corrected chi connectivity index (χ1v) is 13.6. The molecule has 0 N–H and O–H groups in total. The van der Waals surface area contributed by atoms with E-state index < -0.39 is 0 Å². The summed E-state index contributed by atoms with van der Waals surface area (Å²) in [5.41, 5.74) is 3.05. The lowest BCUT2D eigenvalue weighted by atomic mass is 10.1. The van der Waals surface area contributed by atoms with Crippen LogP contribution in [0.1, 0.15) is 89.3 Å². The van der Waals surface area contributed by atoms with E-state index in [2.05, 4.69) is 29.7 Å². The summed E-state index contributed by atoms with van der Waals surface area (Å²) in [6.45, 7) is 3.88. The van der Waals surface area contributed by atoms with Crippen LogP contribution in [0.15, 0.2) is 48.5 Å². The fraction of sp³-hybridized carbons (Fsp3) is 0.533. The molecule has 2 aromatic carbocycles. The highest BCUT2D eigenvalue weighted by Crippen LogP contribution is 2.37. The van der Waals surface area contributed by atoms with Crippen molar-refractivity contribution in [1.82, 2.24) is 9.55 Å². The summed E-state index contributed by atoms with van der Waals surface area (Å²) in [4.78, 5) is 19.9. The highest BCUT2D eigenvalue weighted by atomic mass is 16.5. The monoisotopic (exact) mass is 475 g/mol. The number of aromatic nitrogens is 2. The van der Waals surface area contributed by atoms with E-state index in [-0.39, 0.29) is 11.8 Å². The number of carbonyl (C=O) groups excluding carboxylic acids is 1. The molecule has 1 saturated heterocycles. The molecule has 5 heteroatoms. The van der Waals surface area contributed by atoms with Gasteiger partial charge in [-0.05, 0) is 30.7 Å². The Bertz CT molecular complexity index is 1090. The normalized spacial score (nSPS) is 15.9. The number of fused-ring (bicyclic) bond motifs is 1. The minimum Gasteiger partial charge on any atom is -0.495 e. The number of amides is 1. The van der Waals surface area contributed by atoms with Crippen LogP contribution in [0.3, 0.4) is 0 Å². The molecule has 1 atom stereocenters. The average molecular weight is 476 g/mol. The van der Waals surface area contributed by atoms with Gasteiger partial charge in [-0.25, -0.2) is 4.98 Å². The summed E-state index contributed by atoms with van der Waals surface area (Å²) < 4.78 is 7.90. The van der Waals surface area contributed by atoms with E-state index in [9.17, 15) is 4.79 Å². The molecule has 1 aliphatic heterocycles. The van der Waals surface area contributed by atoms with Crippen LogP contribution < -0.4 is 9.64 Å². The average Bonchev–Trinajstić information content (AvgIpc) is 3.45. The number of rotatable bonds is 14. The zero-order valence-electron chi connectivity index (χ0n) is 21.5. The van der Waals surface area contributed by atoms with Crippen LogP contribution in [0, 0.1) is 0 Å². The number of methoxy groups -OCH3 is 1. The van der Waals surface area contributed by atoms with Crippen molar-refractivity contribution < 1.29 is 9.53 Å². The molecule has 1 amide bonds. The number of benzene rings is 2. The SMILES string of the molecule is CCCCCCCCCCCCn1c(C2CC(=O)N(c3ccccc3OC)C2)nc2ccccc21. The van der Waals surface area contributed by atoms with Gasteiger partial charge < -0.3 is 14.2 Å². The van der Waals surface area contributed by atoms with E-state index in [1.807, 2.05) is 35.2 Å². The minimum atomic E-state index is 0.0860. The number of anilines is 1. The van der Waals surface area contributed by atoms with Gasteiger partial charge in [0.25, 0.3) is 0 Å². The summed E-state index contributed by atoms with van der Waals surface area (Å²) in [6.07, 6.45) is 13.8. The molecule has 35 heavy (non-hydrogen) atoms. The van der Waals surface area contributed by atoms with Crippen LogP contribution in [0.25, 0.3) is 11.0 Å². The quantitative estimate of drug-likeness (QED) is 0.227. The van der Waals surface area contributed by atoms with Gasteiger partial charge in [0.05, 0.1) is 23.8 Å². The molecule has 1 aliphatic rings. The topological polar surface area (TPSA) is 47.4 Å². The maximum atomic E-state index is 13.0. The number of nitrogens with zero attached hydrogens (tertiary/aromatic N) is 3. The standard InChI is InChI=1S/C30H41N3O2/c1-3-4-5-6-7-8-9-10-11-16-21-32-26-18-13-12-17-25(26)31-30(32)24-22-29(34)33(23-24)27-19-14-15-20-28(27)35-2/h12-15,17-20,24H,3-11,16,21-23H2,1-2H3. The molecule has 1 fully saturated rings. The van der Waals surface area contributed by atoms with Gasteiger partial charge >= 0.3 is 0 Å². The number of carbonyl (C=O) groups is 1. The van der Waals surface area contributed by atoms with Gasteiger partial charge in [0.2, 0.25) is 5.91 Å². The van der Waals surface area contributed by atoms with Gasteiger partial charge in [0, 0.05) is 25.4 Å². The van der Waals surface area contributed by atoms with Crippen molar-refractivity contribution in [3.8, 4) is 5.75 Å². The molecule has 1 aromatic heterocycles. The Morgan fingerprint density at radius 3 is 2.29 bits per heavy atom. The van der Waals surface area contributed by atoms with Gasteiger partial charge in [-0.1, -0.05) is 89.0 Å². The third-order valence-corrected chi connectivity index (χ3v) is 7.29. The summed E-state index contributed by atoms with van der Waals surface area (Å²) in [5.74, 6) is 2.01. The lowest BCUT2D eigenvalue weighted by Crippen LogP contribution is -2.25.